The SMILES string of the molecule is COC(=O)c1ccc(NC(=O)[C@H]2CC(=O)N(C(C)C)C2)cc1. The van der Waals surface area contributed by atoms with Crippen LogP contribution >= 0.6 is 0 Å². The number of nitrogens with one attached hydrogen (secondary N) is 1. The van der Waals surface area contributed by atoms with Crippen molar-refractivity contribution in [3.8, 4) is 0 Å². The van der Waals surface area contributed by atoms with E-state index in [-0.39, 0.29) is 30.2 Å². The number of carbonyl (C=O) groups excluding carboxylic acids is 3. The van der Waals surface area contributed by atoms with Gasteiger partial charge in [0.1, 0.15) is 0 Å². The molecule has 1 fully saturated rings. The Morgan fingerprint density at radius 3 is 2.41 bits per heavy atom. The normalized spacial score (nSPS) is 17.7. The summed E-state index contributed by atoms with van der Waals surface area (Å²) in [7, 11) is 1.32. The van der Waals surface area contributed by atoms with Gasteiger partial charge in [-0.05, 0) is 38.1 Å². The van der Waals surface area contributed by atoms with E-state index in [1.807, 2.05) is 13.8 Å². The highest BCUT2D eigenvalue weighted by Crippen LogP contribution is 2.22. The first-order valence-electron chi connectivity index (χ1n) is 7.21. The van der Waals surface area contributed by atoms with Crippen molar-refractivity contribution < 1.29 is 19.1 Å². The molecule has 1 N–H and O–H groups in total. The minimum Gasteiger partial charge on any atom is -0.465 e. The molecule has 1 aromatic carbocycles. The van der Waals surface area contributed by atoms with Gasteiger partial charge >= 0.3 is 5.97 Å². The number of anilines is 1. The van der Waals surface area contributed by atoms with Crippen LogP contribution < -0.4 is 5.32 Å². The predicted octanol–water partition coefficient (Wildman–Crippen LogP) is 1.67. The van der Waals surface area contributed by atoms with Gasteiger partial charge in [0, 0.05) is 24.7 Å². The topological polar surface area (TPSA) is 75.7 Å². The lowest BCUT2D eigenvalue weighted by Gasteiger charge is -2.20. The first-order valence-corrected chi connectivity index (χ1v) is 7.21. The van der Waals surface area contributed by atoms with Gasteiger partial charge in [0.2, 0.25) is 11.8 Å². The lowest BCUT2D eigenvalue weighted by atomic mass is 10.1. The van der Waals surface area contributed by atoms with Gasteiger partial charge in [0.05, 0.1) is 18.6 Å². The number of nitrogens with zero attached hydrogens (tertiary/aromatic N) is 1. The molecule has 0 radical (unpaired) electrons. The molecule has 0 spiro atoms. The molecule has 1 aromatic rings. The average molecular weight is 304 g/mol. The maximum absolute atomic E-state index is 12.2. The molecule has 0 aliphatic carbocycles. The van der Waals surface area contributed by atoms with E-state index < -0.39 is 5.97 Å². The minimum atomic E-state index is -0.424. The van der Waals surface area contributed by atoms with E-state index >= 15 is 0 Å². The Balaban J connectivity index is 1.98. The van der Waals surface area contributed by atoms with E-state index in [0.29, 0.717) is 17.8 Å². The van der Waals surface area contributed by atoms with Crippen LogP contribution in [-0.4, -0.2) is 42.4 Å². The van der Waals surface area contributed by atoms with Crippen LogP contribution in [0.15, 0.2) is 24.3 Å². The first kappa shape index (κ1) is 16.0. The number of hydrogen-bond donors (Lipinski definition) is 1. The number of methoxy groups -OCH3 is 1. The van der Waals surface area contributed by atoms with Crippen LogP contribution in [-0.2, 0) is 14.3 Å². The highest BCUT2D eigenvalue weighted by atomic mass is 16.5. The summed E-state index contributed by atoms with van der Waals surface area (Å²) in [4.78, 5) is 37.1. The van der Waals surface area contributed by atoms with Gasteiger partial charge in [0.25, 0.3) is 0 Å². The molecule has 1 heterocycles. The number of esters is 1. The monoisotopic (exact) mass is 304 g/mol. The molecular weight excluding hydrogens is 284 g/mol. The highest BCUT2D eigenvalue weighted by molar-refractivity contribution is 5.97. The van der Waals surface area contributed by atoms with Crippen molar-refractivity contribution in [3.05, 3.63) is 29.8 Å². The van der Waals surface area contributed by atoms with Crippen molar-refractivity contribution in [2.24, 2.45) is 5.92 Å². The summed E-state index contributed by atoms with van der Waals surface area (Å²) in [6.45, 7) is 4.32. The molecular formula is C16H20N2O4. The van der Waals surface area contributed by atoms with Crippen molar-refractivity contribution in [1.29, 1.82) is 0 Å². The van der Waals surface area contributed by atoms with Crippen LogP contribution in [0.3, 0.4) is 0 Å². The van der Waals surface area contributed by atoms with Gasteiger partial charge in [-0.2, -0.15) is 0 Å². The maximum atomic E-state index is 12.2. The molecule has 2 rings (SSSR count). The fraction of sp³-hybridized carbons (Fsp3) is 0.438. The number of carbonyl (C=O) groups is 3. The van der Waals surface area contributed by atoms with Crippen molar-refractivity contribution in [1.82, 2.24) is 4.90 Å². The van der Waals surface area contributed by atoms with Crippen LogP contribution in [0.2, 0.25) is 0 Å². The Morgan fingerprint density at radius 2 is 1.91 bits per heavy atom. The third kappa shape index (κ3) is 3.44. The smallest absolute Gasteiger partial charge is 0.337 e. The Labute approximate surface area is 129 Å². The largest absolute Gasteiger partial charge is 0.465 e. The standard InChI is InChI=1S/C16H20N2O4/c1-10(2)18-9-12(8-14(18)19)15(20)17-13-6-4-11(5-7-13)16(21)22-3/h4-7,10,12H,8-9H2,1-3H3,(H,17,20)/t12-/m0/s1. The summed E-state index contributed by atoms with van der Waals surface area (Å²) in [5.74, 6) is -0.930. The van der Waals surface area contributed by atoms with Crippen molar-refractivity contribution in [2.45, 2.75) is 26.3 Å². The zero-order chi connectivity index (χ0) is 16.3. The van der Waals surface area contributed by atoms with Gasteiger partial charge in [-0.1, -0.05) is 0 Å². The number of ether oxygens (including phenoxy) is 1. The summed E-state index contributed by atoms with van der Waals surface area (Å²) >= 11 is 0. The van der Waals surface area contributed by atoms with E-state index in [4.69, 9.17) is 0 Å². The molecule has 22 heavy (non-hydrogen) atoms. The Hall–Kier alpha value is -2.37. The van der Waals surface area contributed by atoms with E-state index in [0.717, 1.165) is 0 Å². The van der Waals surface area contributed by atoms with Crippen LogP contribution in [0.25, 0.3) is 0 Å². The molecule has 2 amide bonds. The molecule has 0 aromatic heterocycles. The Bertz CT molecular complexity index is 580. The van der Waals surface area contributed by atoms with Gasteiger partial charge in [-0.25, -0.2) is 4.79 Å². The number of hydrogen-bond acceptors (Lipinski definition) is 4. The third-order valence-electron chi connectivity index (χ3n) is 3.73. The zero-order valence-corrected chi connectivity index (χ0v) is 13.0. The van der Waals surface area contributed by atoms with Crippen molar-refractivity contribution >= 4 is 23.5 Å². The Morgan fingerprint density at radius 1 is 1.27 bits per heavy atom. The number of amides is 2. The second-order valence-corrected chi connectivity index (χ2v) is 5.60. The van der Waals surface area contributed by atoms with Crippen molar-refractivity contribution in [3.63, 3.8) is 0 Å². The number of rotatable bonds is 4. The van der Waals surface area contributed by atoms with Gasteiger partial charge in [-0.3, -0.25) is 9.59 Å². The second kappa shape index (κ2) is 6.60. The number of likely N-dealkylation sites (tertiary alicyclic amines) is 1. The predicted molar refractivity (Wildman–Crippen MR) is 81.4 cm³/mol. The fourth-order valence-corrected chi connectivity index (χ4v) is 2.46. The molecule has 6 nitrogen and oxygen atoms in total. The fourth-order valence-electron chi connectivity index (χ4n) is 2.46. The summed E-state index contributed by atoms with van der Waals surface area (Å²) in [5.41, 5.74) is 1.01. The van der Waals surface area contributed by atoms with Crippen LogP contribution in [0.5, 0.6) is 0 Å². The van der Waals surface area contributed by atoms with Crippen LogP contribution in [0.4, 0.5) is 5.69 Å². The maximum Gasteiger partial charge on any atom is 0.337 e. The summed E-state index contributed by atoms with van der Waals surface area (Å²) in [5, 5.41) is 2.78. The Kier molecular flexibility index (Phi) is 4.80. The van der Waals surface area contributed by atoms with E-state index in [9.17, 15) is 14.4 Å². The van der Waals surface area contributed by atoms with E-state index in [1.165, 1.54) is 7.11 Å². The quantitative estimate of drug-likeness (QED) is 0.859. The average Bonchev–Trinajstić information content (AvgIpc) is 2.89. The molecule has 6 heteroatoms. The van der Waals surface area contributed by atoms with Gasteiger partial charge in [-0.15, -0.1) is 0 Å². The van der Waals surface area contributed by atoms with Gasteiger partial charge in [0.15, 0.2) is 0 Å². The van der Waals surface area contributed by atoms with Crippen molar-refractivity contribution in [2.75, 3.05) is 19.0 Å². The summed E-state index contributed by atoms with van der Waals surface area (Å²) in [6.07, 6.45) is 0.240. The van der Waals surface area contributed by atoms with Crippen LogP contribution in [0.1, 0.15) is 30.6 Å². The first-order chi connectivity index (χ1) is 10.4. The zero-order valence-electron chi connectivity index (χ0n) is 13.0. The molecule has 1 saturated heterocycles. The lowest BCUT2D eigenvalue weighted by Crippen LogP contribution is -2.33. The minimum absolute atomic E-state index is 0.0104. The molecule has 1 aliphatic heterocycles. The molecule has 0 bridgehead atoms. The molecule has 118 valence electrons. The third-order valence-corrected chi connectivity index (χ3v) is 3.73. The molecule has 0 unspecified atom stereocenters. The van der Waals surface area contributed by atoms with Gasteiger partial charge < -0.3 is 15.0 Å². The lowest BCUT2D eigenvalue weighted by molar-refractivity contribution is -0.129. The summed E-state index contributed by atoms with van der Waals surface area (Å²) < 4.78 is 4.62. The second-order valence-electron chi connectivity index (χ2n) is 5.60. The molecule has 1 aliphatic rings. The molecule has 0 saturated carbocycles. The highest BCUT2D eigenvalue weighted by Gasteiger charge is 2.35. The van der Waals surface area contributed by atoms with Crippen LogP contribution in [0, 0.1) is 5.92 Å². The van der Waals surface area contributed by atoms with E-state index in [2.05, 4.69) is 10.1 Å². The summed E-state index contributed by atoms with van der Waals surface area (Å²) in [6, 6.07) is 6.55. The molecule has 1 atom stereocenters. The van der Waals surface area contributed by atoms with E-state index in [1.54, 1.807) is 29.2 Å². The number of benzene rings is 1.